The molecule has 7 nitrogen and oxygen atoms in total. The van der Waals surface area contributed by atoms with Crippen molar-refractivity contribution in [3.05, 3.63) is 41.2 Å². The number of aromatic nitrogens is 1. The number of esters is 1. The number of allylic oxidation sites excluding steroid dienone is 2. The Kier molecular flexibility index (Phi) is 9.07. The van der Waals surface area contributed by atoms with Crippen molar-refractivity contribution in [2.45, 2.75) is 157 Å². The molecule has 0 spiro atoms. The fourth-order valence-electron chi connectivity index (χ4n) is 13.7. The molecule has 286 valence electrons. The van der Waals surface area contributed by atoms with E-state index in [0.717, 1.165) is 70.0 Å². The smallest absolute Gasteiger partial charge is 0.309 e. The van der Waals surface area contributed by atoms with Crippen molar-refractivity contribution < 1.29 is 24.2 Å². The highest BCUT2D eigenvalue weighted by molar-refractivity contribution is 6.00. The van der Waals surface area contributed by atoms with Crippen molar-refractivity contribution >= 4 is 17.7 Å². The molecule has 0 aliphatic heterocycles. The zero-order chi connectivity index (χ0) is 37.7. The summed E-state index contributed by atoms with van der Waals surface area (Å²) in [5, 5.41) is 13.6. The third-order valence-corrected chi connectivity index (χ3v) is 16.9. The summed E-state index contributed by atoms with van der Waals surface area (Å²) in [6, 6.07) is 6.24. The maximum Gasteiger partial charge on any atom is 0.309 e. The fraction of sp³-hybridized carbons (Fsp3) is 0.778. The van der Waals surface area contributed by atoms with Gasteiger partial charge in [-0.25, -0.2) is 0 Å². The molecular formula is C45H66N2O5. The number of nitrogens with one attached hydrogen (secondary N) is 1. The van der Waals surface area contributed by atoms with Gasteiger partial charge in [-0.15, -0.1) is 0 Å². The molecule has 5 fully saturated rings. The van der Waals surface area contributed by atoms with E-state index < -0.39 is 17.4 Å². The van der Waals surface area contributed by atoms with Crippen LogP contribution in [0.3, 0.4) is 0 Å². The highest BCUT2D eigenvalue weighted by Crippen LogP contribution is 2.77. The minimum absolute atomic E-state index is 0.00571. The van der Waals surface area contributed by atoms with Crippen LogP contribution in [-0.4, -0.2) is 40.5 Å². The number of fused-ring (bicyclic) bond motifs is 7. The Balaban J connectivity index is 1.13. The number of carboxylic acids is 1. The Morgan fingerprint density at radius 1 is 0.942 bits per heavy atom. The Morgan fingerprint density at radius 2 is 1.67 bits per heavy atom. The molecule has 5 saturated carbocycles. The van der Waals surface area contributed by atoms with E-state index in [1.54, 1.807) is 19.4 Å². The van der Waals surface area contributed by atoms with Crippen LogP contribution in [-0.2, 0) is 24.7 Å². The van der Waals surface area contributed by atoms with Gasteiger partial charge in [-0.1, -0.05) is 60.1 Å². The zero-order valence-corrected chi connectivity index (χ0v) is 33.6. The van der Waals surface area contributed by atoms with Gasteiger partial charge in [-0.3, -0.25) is 19.4 Å². The number of ether oxygens (including phenoxy) is 1. The molecule has 2 N–H and O–H groups in total. The number of nitrogens with zero attached hydrogens (tertiary/aromatic N) is 1. The number of carbonyl (C=O) groups is 3. The molecule has 0 bridgehead atoms. The number of pyridine rings is 1. The first-order chi connectivity index (χ1) is 24.3. The highest BCUT2D eigenvalue weighted by Gasteiger charge is 2.70. The minimum Gasteiger partial charge on any atom is -0.481 e. The van der Waals surface area contributed by atoms with Gasteiger partial charge in [0.25, 0.3) is 0 Å². The molecule has 6 aliphatic carbocycles. The van der Waals surface area contributed by atoms with Crippen LogP contribution in [0.5, 0.6) is 0 Å². The van der Waals surface area contributed by atoms with E-state index in [2.05, 4.69) is 65.9 Å². The van der Waals surface area contributed by atoms with Crippen LogP contribution in [0, 0.1) is 56.2 Å². The lowest BCUT2D eigenvalue weighted by molar-refractivity contribution is -0.233. The van der Waals surface area contributed by atoms with Gasteiger partial charge in [0.2, 0.25) is 0 Å². The van der Waals surface area contributed by atoms with E-state index in [4.69, 9.17) is 9.72 Å². The van der Waals surface area contributed by atoms with Gasteiger partial charge in [-0.2, -0.15) is 0 Å². The summed E-state index contributed by atoms with van der Waals surface area (Å²) in [7, 11) is 0. The third-order valence-electron chi connectivity index (χ3n) is 16.9. The van der Waals surface area contributed by atoms with Gasteiger partial charge in [0.05, 0.1) is 23.1 Å². The predicted octanol–water partition coefficient (Wildman–Crippen LogP) is 9.44. The lowest BCUT2D eigenvalue weighted by atomic mass is 9.33. The predicted molar refractivity (Wildman–Crippen MR) is 203 cm³/mol. The van der Waals surface area contributed by atoms with Crippen LogP contribution >= 0.6 is 0 Å². The van der Waals surface area contributed by atoms with Crippen molar-refractivity contribution in [3.8, 4) is 0 Å². The number of hydrogen-bond donors (Lipinski definition) is 2. The van der Waals surface area contributed by atoms with E-state index in [-0.39, 0.29) is 51.1 Å². The molecule has 0 aromatic carbocycles. The lowest BCUT2D eigenvalue weighted by Gasteiger charge is -2.72. The average Bonchev–Trinajstić information content (AvgIpc) is 3.79. The fourth-order valence-corrected chi connectivity index (χ4v) is 13.7. The second-order valence-electron chi connectivity index (χ2n) is 20.7. The number of carbonyl (C=O) groups excluding carboxylic acids is 2. The molecule has 1 aromatic rings. The van der Waals surface area contributed by atoms with Gasteiger partial charge in [-0.05, 0) is 149 Å². The molecule has 2 unspecified atom stereocenters. The maximum atomic E-state index is 14.1. The van der Waals surface area contributed by atoms with Crippen LogP contribution in [0.2, 0.25) is 0 Å². The summed E-state index contributed by atoms with van der Waals surface area (Å²) in [6.07, 6.45) is 14.2. The summed E-state index contributed by atoms with van der Waals surface area (Å²) in [5.74, 6) is 0.680. The Hall–Kier alpha value is -2.54. The molecule has 0 saturated heterocycles. The highest BCUT2D eigenvalue weighted by atomic mass is 16.5. The van der Waals surface area contributed by atoms with Crippen LogP contribution in [0.4, 0.5) is 0 Å². The number of rotatable bonds is 10. The SMILES string of the molecule is CC(C)C1=C2[C@H]3CCC4[C@@]5(C)CC[C@H](OC(=O)CC(C)(C)C(=O)O)C(C)(C)C5CC[C@@]4(C)[C@]3(C)CC[C@@]2(CCNC2(c3ccccn3)CC2)CC1=O. The van der Waals surface area contributed by atoms with E-state index in [1.165, 1.54) is 18.4 Å². The normalized spacial score (nSPS) is 38.9. The van der Waals surface area contributed by atoms with Gasteiger partial charge in [0.1, 0.15) is 6.10 Å². The van der Waals surface area contributed by atoms with Crippen molar-refractivity contribution in [1.82, 2.24) is 10.3 Å². The first kappa shape index (κ1) is 37.8. The lowest BCUT2D eigenvalue weighted by Crippen LogP contribution is -2.65. The van der Waals surface area contributed by atoms with E-state index in [1.807, 2.05) is 12.3 Å². The van der Waals surface area contributed by atoms with Crippen LogP contribution in [0.15, 0.2) is 35.5 Å². The summed E-state index contributed by atoms with van der Waals surface area (Å²) < 4.78 is 6.19. The molecule has 6 aliphatic rings. The standard InChI is InChI=1S/C45H66N2O5/c1-28(2)36-30(48)26-44(23-25-47-45(21-22-45)33-12-10-11-24-46-33)20-19-42(8)29(37(36)44)13-14-32-41(7)17-16-34(52-35(49)27-39(3,4)38(50)51)40(5,6)31(41)15-18-43(32,42)9/h10-12,24,28-29,31-32,34,47H,13-23,25-27H2,1-9H3,(H,50,51)/t29-,31?,32?,34+,41+,42-,43-,44-/m1/s1. The van der Waals surface area contributed by atoms with Gasteiger partial charge in [0.15, 0.2) is 5.78 Å². The number of carboxylic acid groups (broad SMARTS) is 1. The molecule has 1 heterocycles. The molecule has 7 heteroatoms. The van der Waals surface area contributed by atoms with Gasteiger partial charge < -0.3 is 15.2 Å². The monoisotopic (exact) mass is 714 g/mol. The van der Waals surface area contributed by atoms with Gasteiger partial charge in [0, 0.05) is 23.4 Å². The molecule has 1 aromatic heterocycles. The average molecular weight is 715 g/mol. The summed E-state index contributed by atoms with van der Waals surface area (Å²) in [4.78, 5) is 43.7. The topological polar surface area (TPSA) is 106 Å². The molecule has 52 heavy (non-hydrogen) atoms. The van der Waals surface area contributed by atoms with Gasteiger partial charge >= 0.3 is 11.9 Å². The van der Waals surface area contributed by atoms with Crippen LogP contribution in [0.1, 0.15) is 151 Å². The summed E-state index contributed by atoms with van der Waals surface area (Å²) in [6.45, 7) is 21.0. The molecular weight excluding hydrogens is 649 g/mol. The number of Topliss-reactive ketones (excluding diaryl/α,β-unsaturated/α-hetero) is 1. The molecule has 0 amide bonds. The molecule has 7 rings (SSSR count). The number of hydrogen-bond acceptors (Lipinski definition) is 6. The van der Waals surface area contributed by atoms with Crippen molar-refractivity contribution in [3.63, 3.8) is 0 Å². The Morgan fingerprint density at radius 3 is 2.31 bits per heavy atom. The zero-order valence-electron chi connectivity index (χ0n) is 33.6. The Bertz CT molecular complexity index is 1640. The van der Waals surface area contributed by atoms with E-state index in [9.17, 15) is 19.5 Å². The first-order valence-electron chi connectivity index (χ1n) is 20.6. The second kappa shape index (κ2) is 12.5. The third kappa shape index (κ3) is 5.58. The summed E-state index contributed by atoms with van der Waals surface area (Å²) in [5.41, 5.74) is 2.85. The van der Waals surface area contributed by atoms with Crippen molar-refractivity contribution in [2.75, 3.05) is 6.54 Å². The van der Waals surface area contributed by atoms with Crippen molar-refractivity contribution in [2.24, 2.45) is 56.2 Å². The number of aliphatic carboxylic acids is 1. The molecule has 8 atom stereocenters. The van der Waals surface area contributed by atoms with Crippen molar-refractivity contribution in [1.29, 1.82) is 0 Å². The largest absolute Gasteiger partial charge is 0.481 e. The maximum absolute atomic E-state index is 14.1. The van der Waals surface area contributed by atoms with Crippen LogP contribution in [0.25, 0.3) is 0 Å². The van der Waals surface area contributed by atoms with E-state index in [0.29, 0.717) is 30.0 Å². The van der Waals surface area contributed by atoms with Crippen LogP contribution < -0.4 is 5.32 Å². The number of ketones is 1. The van der Waals surface area contributed by atoms with E-state index >= 15 is 0 Å². The summed E-state index contributed by atoms with van der Waals surface area (Å²) >= 11 is 0. The minimum atomic E-state index is -1.15. The second-order valence-corrected chi connectivity index (χ2v) is 20.7. The first-order valence-corrected chi connectivity index (χ1v) is 20.6. The molecule has 0 radical (unpaired) electrons. The Labute approximate surface area is 312 Å². The quantitative estimate of drug-likeness (QED) is 0.233.